The van der Waals surface area contributed by atoms with Crippen molar-refractivity contribution in [2.45, 2.75) is 77.5 Å². The summed E-state index contributed by atoms with van der Waals surface area (Å²) in [6.07, 6.45) is 11.3. The first kappa shape index (κ1) is 15.0. The highest BCUT2D eigenvalue weighted by Crippen LogP contribution is 2.37. The van der Waals surface area contributed by atoms with Gasteiger partial charge in [0, 0.05) is 6.61 Å². The lowest BCUT2D eigenvalue weighted by atomic mass is 9.59. The molecule has 3 heteroatoms. The fourth-order valence-corrected chi connectivity index (χ4v) is 2.92. The molecule has 1 rings (SSSR count). The minimum atomic E-state index is -0.493. The summed E-state index contributed by atoms with van der Waals surface area (Å²) in [7, 11) is -0.493. The lowest BCUT2D eigenvalue weighted by Crippen LogP contribution is -2.36. The summed E-state index contributed by atoms with van der Waals surface area (Å²) in [6, 6.07) is 0. The van der Waals surface area contributed by atoms with Crippen molar-refractivity contribution in [2.24, 2.45) is 5.92 Å². The summed E-state index contributed by atoms with van der Waals surface area (Å²) in [5, 5.41) is 9.97. The van der Waals surface area contributed by atoms with Crippen molar-refractivity contribution < 1.29 is 9.68 Å². The molecule has 0 amide bonds. The zero-order chi connectivity index (χ0) is 12.5. The summed E-state index contributed by atoms with van der Waals surface area (Å²) in [4.78, 5) is 0. The van der Waals surface area contributed by atoms with Crippen molar-refractivity contribution in [3.8, 4) is 0 Å². The Balaban J connectivity index is 2.32. The van der Waals surface area contributed by atoms with Gasteiger partial charge in [-0.05, 0) is 18.2 Å². The first-order chi connectivity index (χ1) is 8.29. The van der Waals surface area contributed by atoms with Gasteiger partial charge in [0.15, 0.2) is 0 Å². The first-order valence-corrected chi connectivity index (χ1v) is 7.59. The van der Waals surface area contributed by atoms with Crippen LogP contribution in [0.3, 0.4) is 0 Å². The van der Waals surface area contributed by atoms with Crippen molar-refractivity contribution in [1.82, 2.24) is 0 Å². The van der Waals surface area contributed by atoms with Gasteiger partial charge >= 0.3 is 7.12 Å². The van der Waals surface area contributed by atoms with Gasteiger partial charge in [-0.2, -0.15) is 0 Å². The van der Waals surface area contributed by atoms with Crippen LogP contribution in [0.1, 0.15) is 71.6 Å². The number of hydrogen-bond acceptors (Lipinski definition) is 2. The summed E-state index contributed by atoms with van der Waals surface area (Å²) in [5.41, 5.74) is 0. The highest BCUT2D eigenvalue weighted by molar-refractivity contribution is 6.45. The second kappa shape index (κ2) is 8.99. The molecule has 1 N–H and O–H groups in total. The molecule has 0 bridgehead atoms. The molecular formula is C14H29BO2. The Kier molecular flexibility index (Phi) is 7.95. The minimum Gasteiger partial charge on any atom is -0.427 e. The van der Waals surface area contributed by atoms with Crippen LogP contribution >= 0.6 is 0 Å². The smallest absolute Gasteiger partial charge is 0.427 e. The average molecular weight is 240 g/mol. The minimum absolute atomic E-state index is 0.396. The highest BCUT2D eigenvalue weighted by Gasteiger charge is 2.36. The normalized spacial score (nSPS) is 25.2. The third kappa shape index (κ3) is 5.43. The molecule has 1 saturated heterocycles. The molecule has 0 radical (unpaired) electrons. The zero-order valence-electron chi connectivity index (χ0n) is 11.7. The molecule has 0 aromatic carbocycles. The van der Waals surface area contributed by atoms with Crippen LogP contribution in [0.4, 0.5) is 0 Å². The maximum absolute atomic E-state index is 9.97. The van der Waals surface area contributed by atoms with E-state index in [1.54, 1.807) is 0 Å². The molecule has 1 heterocycles. The van der Waals surface area contributed by atoms with Crippen molar-refractivity contribution in [2.75, 3.05) is 6.61 Å². The fraction of sp³-hybridized carbons (Fsp3) is 1.00. The summed E-state index contributed by atoms with van der Waals surface area (Å²) in [6.45, 7) is 5.23. The van der Waals surface area contributed by atoms with E-state index in [2.05, 4.69) is 13.8 Å². The molecule has 0 aromatic heterocycles. The van der Waals surface area contributed by atoms with Gasteiger partial charge in [0.25, 0.3) is 0 Å². The Bertz CT molecular complexity index is 187. The predicted octanol–water partition coefficient (Wildman–Crippen LogP) is 4.03. The molecular weight excluding hydrogens is 211 g/mol. The van der Waals surface area contributed by atoms with Crippen molar-refractivity contribution in [3.05, 3.63) is 0 Å². The van der Waals surface area contributed by atoms with Crippen LogP contribution in [0.2, 0.25) is 5.82 Å². The molecule has 100 valence electrons. The second-order valence-corrected chi connectivity index (χ2v) is 5.47. The molecule has 2 nitrogen and oxygen atoms in total. The Morgan fingerprint density at radius 1 is 1.06 bits per heavy atom. The highest BCUT2D eigenvalue weighted by atomic mass is 16.5. The Morgan fingerprint density at radius 3 is 2.53 bits per heavy atom. The molecule has 0 aromatic rings. The van der Waals surface area contributed by atoms with Crippen molar-refractivity contribution in [3.63, 3.8) is 0 Å². The van der Waals surface area contributed by atoms with Crippen LogP contribution in [0.5, 0.6) is 0 Å². The van der Waals surface area contributed by atoms with E-state index in [0.29, 0.717) is 11.7 Å². The van der Waals surface area contributed by atoms with E-state index < -0.39 is 7.12 Å². The summed E-state index contributed by atoms with van der Waals surface area (Å²) >= 11 is 0. The van der Waals surface area contributed by atoms with Gasteiger partial charge in [0.1, 0.15) is 0 Å². The molecule has 1 aliphatic heterocycles. The molecule has 17 heavy (non-hydrogen) atoms. The van der Waals surface area contributed by atoms with Crippen LogP contribution in [-0.4, -0.2) is 18.7 Å². The van der Waals surface area contributed by atoms with Crippen LogP contribution in [0.15, 0.2) is 0 Å². The lowest BCUT2D eigenvalue weighted by molar-refractivity contribution is 0.162. The van der Waals surface area contributed by atoms with Gasteiger partial charge in [-0.25, -0.2) is 0 Å². The molecule has 0 saturated carbocycles. The van der Waals surface area contributed by atoms with Crippen LogP contribution < -0.4 is 0 Å². The van der Waals surface area contributed by atoms with Crippen LogP contribution in [0.25, 0.3) is 0 Å². The van der Waals surface area contributed by atoms with Gasteiger partial charge < -0.3 is 9.68 Å². The monoisotopic (exact) mass is 240 g/mol. The van der Waals surface area contributed by atoms with E-state index in [-0.39, 0.29) is 0 Å². The standard InChI is InChI=1S/C14H29BO2/c1-3-5-7-8-10-14-13(9-6-4-2)11-12-17-15(14)16/h13-14,16H,3-12H2,1-2H3. The molecule has 0 aliphatic carbocycles. The second-order valence-electron chi connectivity index (χ2n) is 5.47. The molecule has 2 atom stereocenters. The average Bonchev–Trinajstić information content (AvgIpc) is 2.34. The Morgan fingerprint density at radius 2 is 1.82 bits per heavy atom. The van der Waals surface area contributed by atoms with Gasteiger partial charge in [-0.1, -0.05) is 65.2 Å². The Hall–Kier alpha value is -0.0151. The lowest BCUT2D eigenvalue weighted by Gasteiger charge is -2.33. The van der Waals surface area contributed by atoms with Crippen molar-refractivity contribution >= 4 is 7.12 Å². The van der Waals surface area contributed by atoms with E-state index in [4.69, 9.17) is 4.65 Å². The fourth-order valence-electron chi connectivity index (χ4n) is 2.92. The third-order valence-corrected chi connectivity index (χ3v) is 4.07. The SMILES string of the molecule is CCCCCCC1B(O)OCCC1CCCC. The molecule has 1 aliphatic rings. The first-order valence-electron chi connectivity index (χ1n) is 7.59. The molecule has 2 unspecified atom stereocenters. The summed E-state index contributed by atoms with van der Waals surface area (Å²) in [5.74, 6) is 1.09. The van der Waals surface area contributed by atoms with Crippen LogP contribution in [0, 0.1) is 5.92 Å². The molecule has 1 fully saturated rings. The molecule has 0 spiro atoms. The maximum Gasteiger partial charge on any atom is 0.457 e. The van der Waals surface area contributed by atoms with Gasteiger partial charge in [0.2, 0.25) is 0 Å². The maximum atomic E-state index is 9.97. The number of rotatable bonds is 8. The van der Waals surface area contributed by atoms with Crippen molar-refractivity contribution in [1.29, 1.82) is 0 Å². The predicted molar refractivity (Wildman–Crippen MR) is 74.1 cm³/mol. The van der Waals surface area contributed by atoms with E-state index in [1.807, 2.05) is 0 Å². The van der Waals surface area contributed by atoms with E-state index in [1.165, 1.54) is 44.9 Å². The number of hydrogen-bond donors (Lipinski definition) is 1. The van der Waals surface area contributed by atoms with E-state index in [9.17, 15) is 5.02 Å². The van der Waals surface area contributed by atoms with E-state index >= 15 is 0 Å². The number of unbranched alkanes of at least 4 members (excludes halogenated alkanes) is 4. The largest absolute Gasteiger partial charge is 0.457 e. The topological polar surface area (TPSA) is 29.5 Å². The Labute approximate surface area is 107 Å². The summed E-state index contributed by atoms with van der Waals surface area (Å²) < 4.78 is 5.41. The van der Waals surface area contributed by atoms with E-state index in [0.717, 1.165) is 19.4 Å². The van der Waals surface area contributed by atoms with Gasteiger partial charge in [-0.15, -0.1) is 0 Å². The quantitative estimate of drug-likeness (QED) is 0.512. The van der Waals surface area contributed by atoms with Crippen LogP contribution in [-0.2, 0) is 4.65 Å². The zero-order valence-corrected chi connectivity index (χ0v) is 11.7. The van der Waals surface area contributed by atoms with Gasteiger partial charge in [0.05, 0.1) is 0 Å². The third-order valence-electron chi connectivity index (χ3n) is 4.07. The van der Waals surface area contributed by atoms with Gasteiger partial charge in [-0.3, -0.25) is 0 Å².